The summed E-state index contributed by atoms with van der Waals surface area (Å²) in [7, 11) is -4.21. The van der Waals surface area contributed by atoms with E-state index in [1.54, 1.807) is 72.8 Å². The van der Waals surface area contributed by atoms with Crippen LogP contribution >= 0.6 is 7.37 Å². The van der Waals surface area contributed by atoms with Crippen LogP contribution in [0.15, 0.2) is 104 Å². The summed E-state index contributed by atoms with van der Waals surface area (Å²) >= 11 is 0. The molecule has 482 valence electrons. The summed E-state index contributed by atoms with van der Waals surface area (Å²) < 4.78 is 76.7. The van der Waals surface area contributed by atoms with E-state index in [0.29, 0.717) is 35.4 Å². The van der Waals surface area contributed by atoms with E-state index in [1.165, 1.54) is 102 Å². The molecule has 1 N–H and O–H groups in total. The zero-order valence-corrected chi connectivity index (χ0v) is 53.8. The smallest absolute Gasteiger partial charge is 0.459 e. The third kappa shape index (κ3) is 29.9. The number of hydrogen-bond donors (Lipinski definition) is 1. The molecule has 3 aromatic rings. The molecular formula is C71H109FNO12P. The molecule has 0 spiro atoms. The van der Waals surface area contributed by atoms with Gasteiger partial charge in [0.05, 0.1) is 6.61 Å². The van der Waals surface area contributed by atoms with E-state index in [9.17, 15) is 19.2 Å². The van der Waals surface area contributed by atoms with Crippen LogP contribution in [0.3, 0.4) is 0 Å². The lowest BCUT2D eigenvalue weighted by Gasteiger charge is -2.46. The molecule has 1 amide bonds. The number of hydrogen-bond acceptors (Lipinski definition) is 12. The molecule has 1 fully saturated rings. The minimum absolute atomic E-state index is 0.0103. The van der Waals surface area contributed by atoms with Crippen molar-refractivity contribution in [3.05, 3.63) is 109 Å². The van der Waals surface area contributed by atoms with Gasteiger partial charge in [0.25, 0.3) is 13.3 Å². The van der Waals surface area contributed by atoms with Crippen molar-refractivity contribution < 1.29 is 61.1 Å². The fourth-order valence-corrected chi connectivity index (χ4v) is 13.3. The number of carbonyl (C=O) groups excluding carboxylic acids is 4. The third-order valence-electron chi connectivity index (χ3n) is 16.0. The van der Waals surface area contributed by atoms with Gasteiger partial charge in [-0.2, -0.15) is 0 Å². The Morgan fingerprint density at radius 2 is 1.00 bits per heavy atom. The van der Waals surface area contributed by atoms with Crippen molar-refractivity contribution in [1.82, 2.24) is 5.32 Å². The van der Waals surface area contributed by atoms with Crippen LogP contribution in [-0.2, 0) is 58.5 Å². The molecule has 4 rings (SSSR count). The lowest BCUT2D eigenvalue weighted by molar-refractivity contribution is -0.267. The van der Waals surface area contributed by atoms with Gasteiger partial charge in [0.1, 0.15) is 37.6 Å². The molecule has 1 heterocycles. The number of carbonyl (C=O) groups is 4. The first-order chi connectivity index (χ1) is 42.0. The molecule has 0 aliphatic carbocycles. The van der Waals surface area contributed by atoms with Crippen LogP contribution in [0.2, 0.25) is 0 Å². The van der Waals surface area contributed by atoms with E-state index >= 15 is 8.96 Å². The molecule has 0 bridgehead atoms. The summed E-state index contributed by atoms with van der Waals surface area (Å²) in [4.78, 5) is 56.2. The zero-order valence-electron chi connectivity index (χ0n) is 52.9. The van der Waals surface area contributed by atoms with Gasteiger partial charge in [-0.1, -0.05) is 273 Å². The van der Waals surface area contributed by atoms with Crippen molar-refractivity contribution in [2.24, 2.45) is 0 Å². The molecule has 1 aliphatic heterocycles. The number of ether oxygens (including phenoxy) is 6. The Hall–Kier alpha value is -4.88. The molecule has 0 aromatic heterocycles. The van der Waals surface area contributed by atoms with Crippen LogP contribution in [0.25, 0.3) is 0 Å². The number of esters is 2. The van der Waals surface area contributed by atoms with Gasteiger partial charge in [0.15, 0.2) is 12.4 Å². The first-order valence-electron chi connectivity index (χ1n) is 33.5. The fraction of sp³-hybridized carbons (Fsp3) is 0.662. The Balaban J connectivity index is 1.66. The fourth-order valence-electron chi connectivity index (χ4n) is 11.0. The van der Waals surface area contributed by atoms with Gasteiger partial charge in [-0.15, -0.1) is 6.58 Å². The van der Waals surface area contributed by atoms with Gasteiger partial charge >= 0.3 is 18.1 Å². The number of unbranched alkanes of at least 4 members (excludes halogenated alkanes) is 28. The number of benzene rings is 3. The van der Waals surface area contributed by atoms with E-state index in [0.717, 1.165) is 83.5 Å². The van der Waals surface area contributed by atoms with Crippen molar-refractivity contribution in [2.75, 3.05) is 13.2 Å². The maximum Gasteiger partial charge on any atom is 0.508 e. The van der Waals surface area contributed by atoms with Gasteiger partial charge in [-0.3, -0.25) is 18.9 Å². The lowest BCUT2D eigenvalue weighted by Crippen LogP contribution is -2.67. The average molecular weight is 1220 g/mol. The molecule has 86 heavy (non-hydrogen) atoms. The largest absolute Gasteiger partial charge is 0.508 e. The van der Waals surface area contributed by atoms with Crippen LogP contribution in [0, 0.1) is 0 Å². The Bertz CT molecular complexity index is 2250. The van der Waals surface area contributed by atoms with Gasteiger partial charge in [0.2, 0.25) is 6.17 Å². The summed E-state index contributed by atoms with van der Waals surface area (Å²) in [5, 5.41) is 3.36. The van der Waals surface area contributed by atoms with Crippen molar-refractivity contribution >= 4 is 42.0 Å². The monoisotopic (exact) mass is 1220 g/mol. The van der Waals surface area contributed by atoms with Gasteiger partial charge in [0, 0.05) is 23.5 Å². The number of halogens is 1. The van der Waals surface area contributed by atoms with E-state index in [-0.39, 0.29) is 32.5 Å². The predicted octanol–water partition coefficient (Wildman–Crippen LogP) is 17.6. The third-order valence-corrected chi connectivity index (χ3v) is 18.5. The van der Waals surface area contributed by atoms with Crippen LogP contribution < -0.4 is 15.9 Å². The minimum atomic E-state index is -4.21. The highest BCUT2D eigenvalue weighted by atomic mass is 31.2. The van der Waals surface area contributed by atoms with Gasteiger partial charge in [-0.05, 0) is 55.5 Å². The molecule has 3 aromatic carbocycles. The van der Waals surface area contributed by atoms with Crippen LogP contribution in [0.1, 0.15) is 245 Å². The van der Waals surface area contributed by atoms with Crippen LogP contribution in [0.5, 0.6) is 0 Å². The predicted molar refractivity (Wildman–Crippen MR) is 343 cm³/mol. The maximum absolute atomic E-state index is 17.4. The van der Waals surface area contributed by atoms with Gasteiger partial charge in [-0.25, -0.2) is 9.18 Å². The second-order valence-corrected chi connectivity index (χ2v) is 25.7. The summed E-state index contributed by atoms with van der Waals surface area (Å²) in [6.45, 7) is 9.63. The Kier molecular flexibility index (Phi) is 39.6. The van der Waals surface area contributed by atoms with Crippen LogP contribution in [-0.4, -0.2) is 80.1 Å². The number of amides is 1. The quantitative estimate of drug-likeness (QED) is 0.0187. The average Bonchev–Trinajstić information content (AvgIpc) is 1.31. The molecule has 13 nitrogen and oxygen atoms in total. The molecule has 15 heteroatoms. The second kappa shape index (κ2) is 46.3. The lowest BCUT2D eigenvalue weighted by atomic mass is 9.95. The minimum Gasteiger partial charge on any atom is -0.459 e. The number of nitrogens with one attached hydrogen (secondary N) is 1. The van der Waals surface area contributed by atoms with Crippen molar-refractivity contribution in [3.63, 3.8) is 0 Å². The van der Waals surface area contributed by atoms with Crippen molar-refractivity contribution in [1.29, 1.82) is 0 Å². The molecule has 1 aliphatic rings. The van der Waals surface area contributed by atoms with Crippen LogP contribution in [0.4, 0.5) is 9.18 Å². The Labute approximate surface area is 517 Å². The highest BCUT2D eigenvalue weighted by Crippen LogP contribution is 2.49. The second-order valence-electron chi connectivity index (χ2n) is 23.4. The van der Waals surface area contributed by atoms with E-state index in [2.05, 4.69) is 32.7 Å². The Morgan fingerprint density at radius 1 is 0.570 bits per heavy atom. The summed E-state index contributed by atoms with van der Waals surface area (Å²) in [5.41, 5.74) is 0.716. The summed E-state index contributed by atoms with van der Waals surface area (Å²) in [6.07, 6.45) is 23.7. The summed E-state index contributed by atoms with van der Waals surface area (Å²) in [6, 6.07) is 24.6. The molecular weight excluding hydrogens is 1110 g/mol. The zero-order chi connectivity index (χ0) is 61.7. The number of rotatable bonds is 50. The number of alkyl halides is 1. The molecule has 0 unspecified atom stereocenters. The normalized spacial score (nSPS) is 17.5. The van der Waals surface area contributed by atoms with Crippen molar-refractivity contribution in [2.45, 2.75) is 289 Å². The standard InChI is InChI=1S/C71H109FNO12P/c1-5-9-12-15-18-21-23-26-29-32-44-53-63(74)82-61(52-43-31-28-25-20-17-14-11-7-3)65(72)69(76)73-66-68(84-64(75)54-45-33-30-27-24-22-19-16-13-10-6-2)67(85-86(78,59-48-39-35-40-49-59)60-50-41-36-42-51-60)62(83-70(66)79-55-8-4)57-81-71(77)80-56-58-46-37-34-38-47-58/h8,34-42,46-51,61-62,65-68,70H,4-7,9-33,43-45,52-57H2,1-3H3,(H,73,76)/t61-,62+,65+,66+,67+,68+,70+/m0/s1. The molecule has 0 saturated carbocycles. The summed E-state index contributed by atoms with van der Waals surface area (Å²) in [5.74, 6) is -2.39. The topological polar surface area (TPSA) is 162 Å². The molecule has 7 atom stereocenters. The first kappa shape index (κ1) is 73.6. The van der Waals surface area contributed by atoms with E-state index in [4.69, 9.17) is 32.9 Å². The molecule has 0 radical (unpaired) electrons. The van der Waals surface area contributed by atoms with Gasteiger partial charge < -0.3 is 38.3 Å². The first-order valence-corrected chi connectivity index (χ1v) is 35.1. The Morgan fingerprint density at radius 3 is 1.47 bits per heavy atom. The maximum atomic E-state index is 17.4. The van der Waals surface area contributed by atoms with E-state index in [1.807, 2.05) is 18.2 Å². The SMILES string of the molecule is C=CCO[C@@H]1O[C@H](COC(=O)OCc2ccccc2)[C@@H](OP(=O)(c2ccccc2)c2ccccc2)[C@H](OC(=O)CCCCCCCCCCCCC)[C@H]1NC(=O)[C@H](F)[C@H](CCCCCCCCCCC)OC(=O)CCCCCCCCCCCCC. The molecule has 1 saturated heterocycles. The van der Waals surface area contributed by atoms with Crippen molar-refractivity contribution in [3.8, 4) is 0 Å². The highest BCUT2D eigenvalue weighted by molar-refractivity contribution is 7.74. The highest BCUT2D eigenvalue weighted by Gasteiger charge is 2.54. The van der Waals surface area contributed by atoms with E-state index < -0.39 is 80.9 Å².